The number of para-hydroxylation sites is 1. The molecule has 0 radical (unpaired) electrons. The van der Waals surface area contributed by atoms with Gasteiger partial charge in [0.1, 0.15) is 17.8 Å². The summed E-state index contributed by atoms with van der Waals surface area (Å²) in [6.07, 6.45) is 1.60. The summed E-state index contributed by atoms with van der Waals surface area (Å²) in [7, 11) is 3.12. The summed E-state index contributed by atoms with van der Waals surface area (Å²) in [6.45, 7) is -0.212. The Kier molecular flexibility index (Phi) is 4.52. The number of H-pyrrole nitrogens is 1. The van der Waals surface area contributed by atoms with Crippen molar-refractivity contribution < 1.29 is 9.53 Å². The molecule has 0 fully saturated rings. The van der Waals surface area contributed by atoms with Crippen molar-refractivity contribution in [2.24, 2.45) is 0 Å². The van der Waals surface area contributed by atoms with E-state index in [0.29, 0.717) is 22.0 Å². The van der Waals surface area contributed by atoms with E-state index in [2.05, 4.69) is 10.1 Å². The zero-order valence-electron chi connectivity index (χ0n) is 15.3. The number of ether oxygens (including phenoxy) is 1. The Balaban J connectivity index is 1.69. The maximum atomic E-state index is 12.8. The maximum absolute atomic E-state index is 12.8. The highest BCUT2D eigenvalue weighted by Crippen LogP contribution is 2.30. The Labute approximate surface area is 165 Å². The van der Waals surface area contributed by atoms with Crippen LogP contribution in [0, 0.1) is 0 Å². The number of nitrogens with one attached hydrogen (secondary N) is 1. The summed E-state index contributed by atoms with van der Waals surface area (Å²) in [6, 6.07) is 12.6. The zero-order valence-corrected chi connectivity index (χ0v) is 16.0. The van der Waals surface area contributed by atoms with Gasteiger partial charge in [0.2, 0.25) is 5.91 Å². The molecule has 1 amide bonds. The zero-order chi connectivity index (χ0) is 19.8. The number of hydrogen-bond acceptors (Lipinski definition) is 4. The average Bonchev–Trinajstić information content (AvgIpc) is 3.09. The Bertz CT molecular complexity index is 1260. The first-order valence-electron chi connectivity index (χ1n) is 8.56. The minimum absolute atomic E-state index is 0.212. The van der Waals surface area contributed by atoms with E-state index >= 15 is 0 Å². The molecule has 28 heavy (non-hydrogen) atoms. The van der Waals surface area contributed by atoms with Gasteiger partial charge in [0.05, 0.1) is 19.0 Å². The molecule has 7 nitrogen and oxygen atoms in total. The van der Waals surface area contributed by atoms with Crippen molar-refractivity contribution in [2.75, 3.05) is 19.1 Å². The van der Waals surface area contributed by atoms with Gasteiger partial charge in [-0.2, -0.15) is 5.10 Å². The van der Waals surface area contributed by atoms with Crippen molar-refractivity contribution in [1.82, 2.24) is 14.8 Å². The van der Waals surface area contributed by atoms with Crippen molar-refractivity contribution in [3.05, 3.63) is 64.0 Å². The standard InChI is InChI=1S/C20H17ClN4O3/c1-24(16-9-12(21)7-8-17(16)28-2)18(26)11-25-20(27)19-14(10-22-25)13-5-3-4-6-15(13)23-19/h3-10,23H,11H2,1-2H3. The molecule has 2 heterocycles. The number of halogens is 1. The van der Waals surface area contributed by atoms with Crippen LogP contribution in [0.4, 0.5) is 5.69 Å². The number of amides is 1. The summed E-state index contributed by atoms with van der Waals surface area (Å²) in [5.41, 5.74) is 1.43. The molecule has 4 rings (SSSR count). The number of aromatic nitrogens is 3. The molecule has 0 aliphatic rings. The van der Waals surface area contributed by atoms with E-state index in [1.54, 1.807) is 31.4 Å². The molecule has 0 aliphatic carbocycles. The van der Waals surface area contributed by atoms with Crippen molar-refractivity contribution in [3.8, 4) is 5.75 Å². The van der Waals surface area contributed by atoms with Gasteiger partial charge in [0, 0.05) is 28.4 Å². The Morgan fingerprint density at radius 2 is 2.04 bits per heavy atom. The Morgan fingerprint density at radius 1 is 1.25 bits per heavy atom. The highest BCUT2D eigenvalue weighted by molar-refractivity contribution is 6.31. The summed E-state index contributed by atoms with van der Waals surface area (Å²) in [4.78, 5) is 30.1. The van der Waals surface area contributed by atoms with Crippen molar-refractivity contribution in [2.45, 2.75) is 6.54 Å². The average molecular weight is 397 g/mol. The molecule has 0 saturated heterocycles. The number of nitrogens with zero attached hydrogens (tertiary/aromatic N) is 3. The topological polar surface area (TPSA) is 80.2 Å². The molecule has 8 heteroatoms. The number of rotatable bonds is 4. The summed E-state index contributed by atoms with van der Waals surface area (Å²) >= 11 is 6.05. The second-order valence-electron chi connectivity index (χ2n) is 6.34. The number of likely N-dealkylation sites (N-methyl/N-ethyl adjacent to an activating group) is 1. The molecule has 4 aromatic rings. The lowest BCUT2D eigenvalue weighted by Gasteiger charge is -2.20. The molecule has 0 aliphatic heterocycles. The van der Waals surface area contributed by atoms with Crippen LogP contribution in [0.1, 0.15) is 0 Å². The van der Waals surface area contributed by atoms with Gasteiger partial charge in [0.15, 0.2) is 0 Å². The Morgan fingerprint density at radius 3 is 2.82 bits per heavy atom. The quantitative estimate of drug-likeness (QED) is 0.574. The number of carbonyl (C=O) groups excluding carboxylic acids is 1. The fraction of sp³-hybridized carbons (Fsp3) is 0.150. The van der Waals surface area contributed by atoms with Gasteiger partial charge < -0.3 is 14.6 Å². The van der Waals surface area contributed by atoms with Crippen LogP contribution in [0.3, 0.4) is 0 Å². The molecule has 2 aromatic carbocycles. The third kappa shape index (κ3) is 2.99. The van der Waals surface area contributed by atoms with E-state index in [-0.39, 0.29) is 18.0 Å². The van der Waals surface area contributed by atoms with Gasteiger partial charge >= 0.3 is 0 Å². The van der Waals surface area contributed by atoms with Gasteiger partial charge in [-0.15, -0.1) is 0 Å². The van der Waals surface area contributed by atoms with Gasteiger partial charge in [-0.1, -0.05) is 29.8 Å². The van der Waals surface area contributed by atoms with Crippen molar-refractivity contribution in [1.29, 1.82) is 0 Å². The highest BCUT2D eigenvalue weighted by Gasteiger charge is 2.18. The van der Waals surface area contributed by atoms with Gasteiger partial charge in [-0.05, 0) is 24.3 Å². The summed E-state index contributed by atoms with van der Waals surface area (Å²) < 4.78 is 6.44. The number of benzene rings is 2. The van der Waals surface area contributed by atoms with Gasteiger partial charge in [-0.3, -0.25) is 9.59 Å². The van der Waals surface area contributed by atoms with Crippen LogP contribution in [0.2, 0.25) is 5.02 Å². The third-order valence-corrected chi connectivity index (χ3v) is 4.92. The molecular formula is C20H17ClN4O3. The third-order valence-electron chi connectivity index (χ3n) is 4.68. The summed E-state index contributed by atoms with van der Waals surface area (Å²) in [5, 5.41) is 6.31. The molecule has 0 spiro atoms. The largest absolute Gasteiger partial charge is 0.495 e. The van der Waals surface area contributed by atoms with Crippen LogP contribution in [0.25, 0.3) is 21.8 Å². The van der Waals surface area contributed by atoms with Crippen LogP contribution < -0.4 is 15.2 Å². The number of fused-ring (bicyclic) bond motifs is 3. The number of anilines is 1. The lowest BCUT2D eigenvalue weighted by molar-refractivity contribution is -0.119. The number of methoxy groups -OCH3 is 1. The fourth-order valence-electron chi connectivity index (χ4n) is 3.18. The molecule has 2 aromatic heterocycles. The lowest BCUT2D eigenvalue weighted by atomic mass is 10.2. The van der Waals surface area contributed by atoms with E-state index in [0.717, 1.165) is 21.0 Å². The first kappa shape index (κ1) is 18.1. The predicted octanol–water partition coefficient (Wildman–Crippen LogP) is 3.20. The molecule has 0 unspecified atom stereocenters. The fourth-order valence-corrected chi connectivity index (χ4v) is 3.35. The van der Waals surface area contributed by atoms with Crippen molar-refractivity contribution >= 4 is 45.0 Å². The molecular weight excluding hydrogens is 380 g/mol. The van der Waals surface area contributed by atoms with Gasteiger partial charge in [0.25, 0.3) is 5.56 Å². The first-order chi connectivity index (χ1) is 13.5. The number of carbonyl (C=O) groups is 1. The molecule has 0 saturated carbocycles. The van der Waals surface area contributed by atoms with Crippen LogP contribution in [-0.2, 0) is 11.3 Å². The van der Waals surface area contributed by atoms with E-state index in [9.17, 15) is 9.59 Å². The molecule has 142 valence electrons. The van der Waals surface area contributed by atoms with Crippen LogP contribution in [0.5, 0.6) is 5.75 Å². The molecule has 0 bridgehead atoms. The minimum Gasteiger partial charge on any atom is -0.495 e. The SMILES string of the molecule is COc1ccc(Cl)cc1N(C)C(=O)Cn1ncc2c([nH]c3ccccc32)c1=O. The van der Waals surface area contributed by atoms with Gasteiger partial charge in [-0.25, -0.2) is 4.68 Å². The van der Waals surface area contributed by atoms with E-state index in [1.807, 2.05) is 24.3 Å². The maximum Gasteiger partial charge on any atom is 0.291 e. The normalized spacial score (nSPS) is 11.1. The summed E-state index contributed by atoms with van der Waals surface area (Å²) in [5.74, 6) is 0.178. The van der Waals surface area contributed by atoms with E-state index in [4.69, 9.17) is 16.3 Å². The van der Waals surface area contributed by atoms with E-state index < -0.39 is 0 Å². The number of hydrogen-bond donors (Lipinski definition) is 1. The van der Waals surface area contributed by atoms with Crippen LogP contribution in [-0.4, -0.2) is 34.8 Å². The smallest absolute Gasteiger partial charge is 0.291 e. The lowest BCUT2D eigenvalue weighted by Crippen LogP contribution is -2.35. The second kappa shape index (κ2) is 7.01. The molecule has 1 N–H and O–H groups in total. The Hall–Kier alpha value is -3.32. The molecule has 0 atom stereocenters. The monoisotopic (exact) mass is 396 g/mol. The number of aromatic amines is 1. The van der Waals surface area contributed by atoms with Crippen molar-refractivity contribution in [3.63, 3.8) is 0 Å². The first-order valence-corrected chi connectivity index (χ1v) is 8.94. The van der Waals surface area contributed by atoms with Crippen LogP contribution >= 0.6 is 11.6 Å². The van der Waals surface area contributed by atoms with Crippen LogP contribution in [0.15, 0.2) is 53.5 Å². The minimum atomic E-state index is -0.353. The predicted molar refractivity (Wildman–Crippen MR) is 109 cm³/mol. The second-order valence-corrected chi connectivity index (χ2v) is 6.77. The van der Waals surface area contributed by atoms with E-state index in [1.165, 1.54) is 12.0 Å². The highest BCUT2D eigenvalue weighted by atomic mass is 35.5.